The third-order valence-corrected chi connectivity index (χ3v) is 8.93. The van der Waals surface area contributed by atoms with Crippen LogP contribution in [-0.4, -0.2) is 43.3 Å². The van der Waals surface area contributed by atoms with Crippen molar-refractivity contribution in [2.24, 2.45) is 0 Å². The van der Waals surface area contributed by atoms with E-state index in [1.54, 1.807) is 23.5 Å². The molecule has 1 fully saturated rings. The number of sulfonamides is 1. The van der Waals surface area contributed by atoms with Crippen LogP contribution in [0, 0.1) is 0 Å². The molecule has 2 aromatic carbocycles. The number of benzene rings is 2. The monoisotopic (exact) mass is 499 g/mol. The lowest BCUT2D eigenvalue weighted by atomic mass is 9.95. The van der Waals surface area contributed by atoms with Crippen molar-refractivity contribution in [1.29, 1.82) is 0 Å². The van der Waals surface area contributed by atoms with E-state index in [9.17, 15) is 13.2 Å². The lowest BCUT2D eigenvalue weighted by molar-refractivity contribution is 0.102. The van der Waals surface area contributed by atoms with Gasteiger partial charge in [0.2, 0.25) is 10.0 Å². The minimum Gasteiger partial charge on any atom is -0.497 e. The summed E-state index contributed by atoms with van der Waals surface area (Å²) in [6.45, 7) is 2.32. The second-order valence-electron chi connectivity index (χ2n) is 8.25. The summed E-state index contributed by atoms with van der Waals surface area (Å²) in [7, 11) is -1.99. The predicted octanol–water partition coefficient (Wildman–Crippen LogP) is 5.41. The van der Waals surface area contributed by atoms with Crippen LogP contribution in [0.4, 0.5) is 5.13 Å². The fourth-order valence-corrected chi connectivity index (χ4v) is 6.71. The smallest absolute Gasteiger partial charge is 0.257 e. The molecule has 9 heteroatoms. The fraction of sp³-hybridized carbons (Fsp3) is 0.360. The van der Waals surface area contributed by atoms with Crippen molar-refractivity contribution < 1.29 is 17.9 Å². The van der Waals surface area contributed by atoms with Gasteiger partial charge < -0.3 is 4.74 Å². The summed E-state index contributed by atoms with van der Waals surface area (Å²) in [6.07, 6.45) is 5.10. The fourth-order valence-electron chi connectivity index (χ4n) is 4.30. The molecule has 0 bridgehead atoms. The number of carbonyl (C=O) groups excluding carboxylic acids is 1. The Bertz CT molecular complexity index is 1220. The molecule has 1 amide bonds. The van der Waals surface area contributed by atoms with Crippen molar-refractivity contribution in [2.45, 2.75) is 50.0 Å². The molecule has 0 radical (unpaired) electrons. The largest absolute Gasteiger partial charge is 0.497 e. The van der Waals surface area contributed by atoms with E-state index < -0.39 is 10.0 Å². The van der Waals surface area contributed by atoms with Crippen molar-refractivity contribution in [2.75, 3.05) is 19.0 Å². The number of thiazole rings is 1. The topological polar surface area (TPSA) is 88.6 Å². The molecule has 0 unspecified atom stereocenters. The first kappa shape index (κ1) is 24.4. The number of rotatable bonds is 8. The molecule has 0 aliphatic heterocycles. The van der Waals surface area contributed by atoms with Gasteiger partial charge in [0.05, 0.1) is 17.7 Å². The summed E-state index contributed by atoms with van der Waals surface area (Å²) in [5, 5.41) is 5.15. The molecule has 0 saturated heterocycles. The minimum absolute atomic E-state index is 0.0523. The summed E-state index contributed by atoms with van der Waals surface area (Å²) in [5.74, 6) is 0.429. The van der Waals surface area contributed by atoms with Crippen LogP contribution in [0.15, 0.2) is 58.8 Å². The molecular weight excluding hydrogens is 470 g/mol. The van der Waals surface area contributed by atoms with Gasteiger partial charge in [-0.2, -0.15) is 4.31 Å². The van der Waals surface area contributed by atoms with Gasteiger partial charge in [0.1, 0.15) is 5.75 Å². The second kappa shape index (κ2) is 10.7. The summed E-state index contributed by atoms with van der Waals surface area (Å²) in [4.78, 5) is 17.4. The van der Waals surface area contributed by atoms with Gasteiger partial charge in [-0.1, -0.05) is 26.2 Å². The van der Waals surface area contributed by atoms with Crippen molar-refractivity contribution in [3.8, 4) is 17.0 Å². The van der Waals surface area contributed by atoms with E-state index in [1.165, 1.54) is 29.9 Å². The quantitative estimate of drug-likeness (QED) is 0.447. The van der Waals surface area contributed by atoms with Gasteiger partial charge in [0.25, 0.3) is 5.91 Å². The number of nitrogens with zero attached hydrogens (tertiary/aromatic N) is 2. The number of amides is 1. The van der Waals surface area contributed by atoms with Gasteiger partial charge >= 0.3 is 0 Å². The Morgan fingerprint density at radius 3 is 2.38 bits per heavy atom. The molecule has 7 nitrogen and oxygen atoms in total. The average molecular weight is 500 g/mol. The predicted molar refractivity (Wildman–Crippen MR) is 135 cm³/mol. The molecule has 34 heavy (non-hydrogen) atoms. The Balaban J connectivity index is 1.44. The minimum atomic E-state index is -3.60. The maximum absolute atomic E-state index is 13.2. The van der Waals surface area contributed by atoms with Crippen LogP contribution in [0.3, 0.4) is 0 Å². The van der Waals surface area contributed by atoms with Crippen molar-refractivity contribution in [1.82, 2.24) is 9.29 Å². The van der Waals surface area contributed by atoms with Crippen LogP contribution < -0.4 is 10.1 Å². The molecule has 1 aliphatic rings. The van der Waals surface area contributed by atoms with Crippen LogP contribution in [0.1, 0.15) is 49.4 Å². The molecule has 0 spiro atoms. The molecule has 1 N–H and O–H groups in total. The number of methoxy groups -OCH3 is 1. The summed E-state index contributed by atoms with van der Waals surface area (Å²) < 4.78 is 33.2. The molecule has 1 saturated carbocycles. The lowest BCUT2D eigenvalue weighted by Crippen LogP contribution is -2.41. The first-order chi connectivity index (χ1) is 16.4. The maximum atomic E-state index is 13.2. The van der Waals surface area contributed by atoms with Crippen molar-refractivity contribution >= 4 is 32.4 Å². The van der Waals surface area contributed by atoms with Gasteiger partial charge in [-0.15, -0.1) is 11.3 Å². The summed E-state index contributed by atoms with van der Waals surface area (Å²) >= 11 is 1.33. The van der Waals surface area contributed by atoms with E-state index in [-0.39, 0.29) is 16.8 Å². The molecule has 180 valence electrons. The number of carbonyl (C=O) groups is 1. The molecule has 4 rings (SSSR count). The van der Waals surface area contributed by atoms with E-state index in [2.05, 4.69) is 10.3 Å². The third-order valence-electron chi connectivity index (χ3n) is 6.13. The number of aromatic nitrogens is 1. The highest BCUT2D eigenvalue weighted by Crippen LogP contribution is 2.29. The molecule has 1 aromatic heterocycles. The standard InChI is InChI=1S/C25H29N3O4S2/c1-3-28(20-7-5-4-6-8-20)34(30,31)22-15-11-19(12-16-22)24(29)27-25-26-23(17-33-25)18-9-13-21(32-2)14-10-18/h9-17,20H,3-8H2,1-2H3,(H,26,27,29). The normalized spacial score (nSPS) is 14.8. The zero-order valence-electron chi connectivity index (χ0n) is 19.4. The van der Waals surface area contributed by atoms with E-state index in [0.29, 0.717) is 17.2 Å². The Morgan fingerprint density at radius 2 is 1.76 bits per heavy atom. The Hall–Kier alpha value is -2.75. The van der Waals surface area contributed by atoms with Gasteiger partial charge in [0.15, 0.2) is 5.13 Å². The highest BCUT2D eigenvalue weighted by molar-refractivity contribution is 7.89. The maximum Gasteiger partial charge on any atom is 0.257 e. The van der Waals surface area contributed by atoms with Crippen LogP contribution in [0.25, 0.3) is 11.3 Å². The van der Waals surface area contributed by atoms with Crippen molar-refractivity contribution in [3.05, 3.63) is 59.5 Å². The highest BCUT2D eigenvalue weighted by Gasteiger charge is 2.31. The highest BCUT2D eigenvalue weighted by atomic mass is 32.2. The molecule has 0 atom stereocenters. The lowest BCUT2D eigenvalue weighted by Gasteiger charge is -2.32. The zero-order valence-corrected chi connectivity index (χ0v) is 21.0. The number of hydrogen-bond acceptors (Lipinski definition) is 6. The van der Waals surface area contributed by atoms with Gasteiger partial charge in [-0.3, -0.25) is 10.1 Å². The van der Waals surface area contributed by atoms with E-state index in [4.69, 9.17) is 4.74 Å². The van der Waals surface area contributed by atoms with E-state index in [1.807, 2.05) is 36.6 Å². The number of nitrogens with one attached hydrogen (secondary N) is 1. The Morgan fingerprint density at radius 1 is 1.09 bits per heavy atom. The molecule has 1 aliphatic carbocycles. The Kier molecular flexibility index (Phi) is 7.65. The number of anilines is 1. The van der Waals surface area contributed by atoms with E-state index >= 15 is 0 Å². The molecule has 3 aromatic rings. The first-order valence-corrected chi connectivity index (χ1v) is 13.8. The average Bonchev–Trinajstić information content (AvgIpc) is 3.33. The molecule has 1 heterocycles. The van der Waals surface area contributed by atoms with Gasteiger partial charge in [0, 0.05) is 29.1 Å². The SMILES string of the molecule is CCN(C1CCCCC1)S(=O)(=O)c1ccc(C(=O)Nc2nc(-c3ccc(OC)cc3)cs2)cc1. The second-order valence-corrected chi connectivity index (χ2v) is 11.0. The summed E-state index contributed by atoms with van der Waals surface area (Å²) in [5.41, 5.74) is 2.05. The van der Waals surface area contributed by atoms with Crippen LogP contribution >= 0.6 is 11.3 Å². The summed E-state index contributed by atoms with van der Waals surface area (Å²) in [6, 6.07) is 13.7. The first-order valence-electron chi connectivity index (χ1n) is 11.5. The zero-order chi connectivity index (χ0) is 24.1. The van der Waals surface area contributed by atoms with E-state index in [0.717, 1.165) is 42.7 Å². The van der Waals surface area contributed by atoms with Crippen molar-refractivity contribution in [3.63, 3.8) is 0 Å². The third kappa shape index (κ3) is 5.32. The van der Waals surface area contributed by atoms with Crippen LogP contribution in [0.2, 0.25) is 0 Å². The van der Waals surface area contributed by atoms with Crippen LogP contribution in [-0.2, 0) is 10.0 Å². The van der Waals surface area contributed by atoms with Gasteiger partial charge in [-0.05, 0) is 61.4 Å². The van der Waals surface area contributed by atoms with Crippen LogP contribution in [0.5, 0.6) is 5.75 Å². The molecular formula is C25H29N3O4S2. The van der Waals surface area contributed by atoms with Gasteiger partial charge in [-0.25, -0.2) is 13.4 Å². The number of hydrogen-bond donors (Lipinski definition) is 1. The number of ether oxygens (including phenoxy) is 1. The Labute approximate surface area is 204 Å².